The summed E-state index contributed by atoms with van der Waals surface area (Å²) >= 11 is 0. The van der Waals surface area contributed by atoms with Crippen molar-refractivity contribution in [3.05, 3.63) is 35.3 Å². The molecule has 3 heteroatoms. The number of benzene rings is 1. The van der Waals surface area contributed by atoms with Crippen molar-refractivity contribution < 1.29 is 4.74 Å². The fourth-order valence-corrected chi connectivity index (χ4v) is 2.23. The predicted molar refractivity (Wildman–Crippen MR) is 67.2 cm³/mol. The Morgan fingerprint density at radius 3 is 2.94 bits per heavy atom. The summed E-state index contributed by atoms with van der Waals surface area (Å²) in [4.78, 5) is 7.77. The van der Waals surface area contributed by atoms with Gasteiger partial charge in [0.1, 0.15) is 18.2 Å². The van der Waals surface area contributed by atoms with Crippen molar-refractivity contribution in [1.82, 2.24) is 9.97 Å². The Labute approximate surface area is 101 Å². The minimum absolute atomic E-state index is 0.520. The van der Waals surface area contributed by atoms with Gasteiger partial charge in [-0.15, -0.1) is 0 Å². The average Bonchev–Trinajstić information content (AvgIpc) is 2.69. The first kappa shape index (κ1) is 10.4. The molecule has 0 spiro atoms. The second kappa shape index (κ2) is 3.62. The molecule has 3 rings (SSSR count). The standard InChI is InChI=1S/C14H16N2O/c1-8(2)10-4-5-11-13(6-10)17-7-12-14(11)16-9(3)15-12/h4-6,8H,7H2,1-3H3,(H,15,16). The molecule has 0 unspecified atom stereocenters. The lowest BCUT2D eigenvalue weighted by Gasteiger charge is -2.18. The topological polar surface area (TPSA) is 37.9 Å². The van der Waals surface area contributed by atoms with E-state index in [1.807, 2.05) is 6.92 Å². The number of nitrogens with one attached hydrogen (secondary N) is 1. The monoisotopic (exact) mass is 228 g/mol. The molecule has 88 valence electrons. The summed E-state index contributed by atoms with van der Waals surface area (Å²) in [5.74, 6) is 2.42. The lowest BCUT2D eigenvalue weighted by molar-refractivity contribution is 0.297. The number of aromatic nitrogens is 2. The molecule has 0 fully saturated rings. The second-order valence-electron chi connectivity index (χ2n) is 4.85. The van der Waals surface area contributed by atoms with Crippen molar-refractivity contribution in [2.45, 2.75) is 33.3 Å². The molecule has 2 heterocycles. The van der Waals surface area contributed by atoms with E-state index in [9.17, 15) is 0 Å². The number of imidazole rings is 1. The summed E-state index contributed by atoms with van der Waals surface area (Å²) in [6.07, 6.45) is 0. The molecule has 3 nitrogen and oxygen atoms in total. The molecule has 1 N–H and O–H groups in total. The summed E-state index contributed by atoms with van der Waals surface area (Å²) in [6, 6.07) is 6.40. The highest BCUT2D eigenvalue weighted by Crippen LogP contribution is 2.37. The van der Waals surface area contributed by atoms with Crippen LogP contribution in [-0.4, -0.2) is 9.97 Å². The Hall–Kier alpha value is -1.77. The van der Waals surface area contributed by atoms with Gasteiger partial charge in [-0.25, -0.2) is 4.98 Å². The summed E-state index contributed by atoms with van der Waals surface area (Å²) in [6.45, 7) is 6.94. The van der Waals surface area contributed by atoms with Crippen molar-refractivity contribution in [1.29, 1.82) is 0 Å². The van der Waals surface area contributed by atoms with E-state index < -0.39 is 0 Å². The Balaban J connectivity index is 2.14. The van der Waals surface area contributed by atoms with Crippen molar-refractivity contribution in [2.75, 3.05) is 0 Å². The molecule has 0 bridgehead atoms. The van der Waals surface area contributed by atoms with Crippen LogP contribution in [0.3, 0.4) is 0 Å². The van der Waals surface area contributed by atoms with Crippen LogP contribution in [0, 0.1) is 6.92 Å². The highest BCUT2D eigenvalue weighted by molar-refractivity contribution is 5.71. The predicted octanol–water partition coefficient (Wildman–Crippen LogP) is 3.40. The maximum Gasteiger partial charge on any atom is 0.130 e. The first-order valence-corrected chi connectivity index (χ1v) is 5.97. The van der Waals surface area contributed by atoms with E-state index in [1.165, 1.54) is 5.56 Å². The molecule has 1 aliphatic heterocycles. The lowest BCUT2D eigenvalue weighted by atomic mass is 9.98. The van der Waals surface area contributed by atoms with Crippen molar-refractivity contribution in [3.63, 3.8) is 0 Å². The summed E-state index contributed by atoms with van der Waals surface area (Å²) in [7, 11) is 0. The fraction of sp³-hybridized carbons (Fsp3) is 0.357. The third kappa shape index (κ3) is 1.62. The molecular weight excluding hydrogens is 212 g/mol. The minimum Gasteiger partial charge on any atom is -0.487 e. The van der Waals surface area contributed by atoms with Crippen molar-refractivity contribution in [3.8, 4) is 17.0 Å². The number of H-pyrrole nitrogens is 1. The molecule has 1 aromatic heterocycles. The number of aromatic amines is 1. The normalized spacial score (nSPS) is 13.2. The van der Waals surface area contributed by atoms with Gasteiger partial charge in [0.05, 0.1) is 11.4 Å². The van der Waals surface area contributed by atoms with E-state index in [4.69, 9.17) is 4.74 Å². The Morgan fingerprint density at radius 1 is 1.35 bits per heavy atom. The lowest BCUT2D eigenvalue weighted by Crippen LogP contribution is -2.05. The number of hydrogen-bond acceptors (Lipinski definition) is 2. The van der Waals surface area contributed by atoms with E-state index in [1.54, 1.807) is 0 Å². The molecule has 0 atom stereocenters. The average molecular weight is 228 g/mol. The van der Waals surface area contributed by atoms with Gasteiger partial charge >= 0.3 is 0 Å². The molecule has 1 aromatic carbocycles. The molecule has 1 aliphatic rings. The highest BCUT2D eigenvalue weighted by atomic mass is 16.5. The van der Waals surface area contributed by atoms with Gasteiger partial charge in [-0.1, -0.05) is 19.9 Å². The molecule has 0 radical (unpaired) electrons. The molecule has 0 amide bonds. The van der Waals surface area contributed by atoms with E-state index in [0.29, 0.717) is 12.5 Å². The van der Waals surface area contributed by atoms with Gasteiger partial charge < -0.3 is 9.72 Å². The number of nitrogens with zero attached hydrogens (tertiary/aromatic N) is 1. The van der Waals surface area contributed by atoms with Crippen LogP contribution < -0.4 is 4.74 Å². The maximum atomic E-state index is 5.78. The highest BCUT2D eigenvalue weighted by Gasteiger charge is 2.21. The quantitative estimate of drug-likeness (QED) is 0.812. The zero-order chi connectivity index (χ0) is 12.0. The number of ether oxygens (including phenoxy) is 1. The zero-order valence-corrected chi connectivity index (χ0v) is 10.4. The van der Waals surface area contributed by atoms with Crippen LogP contribution in [0.1, 0.15) is 36.8 Å². The number of rotatable bonds is 1. The van der Waals surface area contributed by atoms with Crippen LogP contribution in [0.15, 0.2) is 18.2 Å². The van der Waals surface area contributed by atoms with Crippen LogP contribution in [0.25, 0.3) is 11.3 Å². The van der Waals surface area contributed by atoms with Crippen LogP contribution >= 0.6 is 0 Å². The molecular formula is C14H16N2O. The van der Waals surface area contributed by atoms with Gasteiger partial charge in [-0.05, 0) is 30.5 Å². The van der Waals surface area contributed by atoms with Gasteiger partial charge in [-0.3, -0.25) is 0 Å². The smallest absolute Gasteiger partial charge is 0.130 e. The number of hydrogen-bond donors (Lipinski definition) is 1. The molecule has 17 heavy (non-hydrogen) atoms. The van der Waals surface area contributed by atoms with Crippen LogP contribution in [0.2, 0.25) is 0 Å². The first-order chi connectivity index (χ1) is 8.15. The van der Waals surface area contributed by atoms with E-state index in [-0.39, 0.29) is 0 Å². The molecule has 0 saturated carbocycles. The van der Waals surface area contributed by atoms with Crippen molar-refractivity contribution >= 4 is 0 Å². The second-order valence-corrected chi connectivity index (χ2v) is 4.85. The Bertz CT molecular complexity index is 570. The summed E-state index contributed by atoms with van der Waals surface area (Å²) in [5, 5.41) is 0. The molecule has 0 saturated heterocycles. The third-order valence-corrected chi connectivity index (χ3v) is 3.20. The van der Waals surface area contributed by atoms with E-state index in [2.05, 4.69) is 42.0 Å². The summed E-state index contributed by atoms with van der Waals surface area (Å²) in [5.41, 5.74) is 4.52. The van der Waals surface area contributed by atoms with Gasteiger partial charge in [0.2, 0.25) is 0 Å². The number of aryl methyl sites for hydroxylation is 1. The minimum atomic E-state index is 0.520. The largest absolute Gasteiger partial charge is 0.487 e. The zero-order valence-electron chi connectivity index (χ0n) is 10.4. The van der Waals surface area contributed by atoms with Crippen molar-refractivity contribution in [2.24, 2.45) is 0 Å². The maximum absolute atomic E-state index is 5.78. The number of fused-ring (bicyclic) bond motifs is 3. The third-order valence-electron chi connectivity index (χ3n) is 3.20. The van der Waals surface area contributed by atoms with E-state index in [0.717, 1.165) is 28.5 Å². The van der Waals surface area contributed by atoms with Crippen LogP contribution in [-0.2, 0) is 6.61 Å². The molecule has 2 aromatic rings. The summed E-state index contributed by atoms with van der Waals surface area (Å²) < 4.78 is 5.78. The van der Waals surface area contributed by atoms with Gasteiger partial charge in [0, 0.05) is 5.56 Å². The van der Waals surface area contributed by atoms with Gasteiger partial charge in [0.15, 0.2) is 0 Å². The Morgan fingerprint density at radius 2 is 2.18 bits per heavy atom. The SMILES string of the molecule is Cc1nc2c([nH]1)COc1cc(C(C)C)ccc1-2. The first-order valence-electron chi connectivity index (χ1n) is 5.97. The Kier molecular flexibility index (Phi) is 2.21. The fourth-order valence-electron chi connectivity index (χ4n) is 2.23. The van der Waals surface area contributed by atoms with E-state index >= 15 is 0 Å². The van der Waals surface area contributed by atoms with Crippen LogP contribution in [0.4, 0.5) is 0 Å². The van der Waals surface area contributed by atoms with Crippen LogP contribution in [0.5, 0.6) is 5.75 Å². The van der Waals surface area contributed by atoms with Gasteiger partial charge in [-0.2, -0.15) is 0 Å². The van der Waals surface area contributed by atoms with Gasteiger partial charge in [0.25, 0.3) is 0 Å². The molecule has 0 aliphatic carbocycles.